The zero-order valence-electron chi connectivity index (χ0n) is 22.1. The molecular weight excluding hydrogens is 540 g/mol. The Morgan fingerprint density at radius 2 is 1.73 bits per heavy atom. The highest BCUT2D eigenvalue weighted by Gasteiger charge is 2.47. The first-order valence-corrected chi connectivity index (χ1v) is 12.7. The number of amides is 1. The smallest absolute Gasteiger partial charge is 0.350 e. The third kappa shape index (κ3) is 4.22. The van der Waals surface area contributed by atoms with Crippen LogP contribution < -0.4 is 19.1 Å². The number of aryl methyl sites for hydroxylation is 1. The van der Waals surface area contributed by atoms with E-state index in [-0.39, 0.29) is 21.3 Å². The van der Waals surface area contributed by atoms with Crippen LogP contribution in [0.25, 0.3) is 11.0 Å². The molecule has 0 spiro atoms. The molecule has 40 heavy (non-hydrogen) atoms. The average molecular weight is 565 g/mol. The second-order valence-electron chi connectivity index (χ2n) is 8.68. The lowest BCUT2D eigenvalue weighted by Crippen LogP contribution is -2.31. The average Bonchev–Trinajstić information content (AvgIpc) is 3.65. The molecule has 1 aliphatic heterocycles. The van der Waals surface area contributed by atoms with Crippen LogP contribution in [-0.4, -0.2) is 56.2 Å². The molecule has 5 rings (SSSR count). The number of nitrogens with zero attached hydrogens (tertiary/aromatic N) is 2. The number of aliphatic hydroxyl groups excluding tert-OH is 1. The van der Waals surface area contributed by atoms with Gasteiger partial charge in [-0.15, -0.1) is 0 Å². The number of rotatable bonds is 8. The van der Waals surface area contributed by atoms with Gasteiger partial charge in [-0.2, -0.15) is 0 Å². The molecule has 206 valence electrons. The van der Waals surface area contributed by atoms with Gasteiger partial charge < -0.3 is 28.5 Å². The number of aromatic nitrogens is 1. The third-order valence-electron chi connectivity index (χ3n) is 6.49. The third-order valence-corrected chi connectivity index (χ3v) is 7.63. The van der Waals surface area contributed by atoms with Gasteiger partial charge in [-0.25, -0.2) is 9.78 Å². The van der Waals surface area contributed by atoms with E-state index >= 15 is 0 Å². The fourth-order valence-electron chi connectivity index (χ4n) is 4.58. The van der Waals surface area contributed by atoms with Crippen LogP contribution in [0.2, 0.25) is 0 Å². The van der Waals surface area contributed by atoms with Crippen molar-refractivity contribution in [1.82, 2.24) is 4.98 Å². The van der Waals surface area contributed by atoms with Gasteiger partial charge in [0.15, 0.2) is 39.5 Å². The van der Waals surface area contributed by atoms with Crippen molar-refractivity contribution in [2.24, 2.45) is 0 Å². The van der Waals surface area contributed by atoms with Gasteiger partial charge in [0.2, 0.25) is 5.78 Å². The van der Waals surface area contributed by atoms with E-state index in [1.54, 1.807) is 43.3 Å². The maximum Gasteiger partial charge on any atom is 0.350 e. The van der Waals surface area contributed by atoms with Crippen molar-refractivity contribution < 1.29 is 42.9 Å². The maximum atomic E-state index is 14.0. The van der Waals surface area contributed by atoms with Gasteiger partial charge in [0.1, 0.15) is 4.88 Å². The minimum absolute atomic E-state index is 0.0864. The molecule has 0 fully saturated rings. The van der Waals surface area contributed by atoms with Gasteiger partial charge in [-0.05, 0) is 36.8 Å². The van der Waals surface area contributed by atoms with E-state index in [0.717, 1.165) is 16.2 Å². The number of methoxy groups -OCH3 is 4. The van der Waals surface area contributed by atoms with Gasteiger partial charge in [-0.3, -0.25) is 14.5 Å². The van der Waals surface area contributed by atoms with E-state index in [2.05, 4.69) is 4.98 Å². The Morgan fingerprint density at radius 1 is 1.00 bits per heavy atom. The molecule has 4 aromatic rings. The Labute approximate surface area is 232 Å². The molecule has 2 aromatic heterocycles. The number of furan rings is 1. The van der Waals surface area contributed by atoms with E-state index in [0.29, 0.717) is 39.5 Å². The molecule has 0 radical (unpaired) electrons. The van der Waals surface area contributed by atoms with Crippen LogP contribution in [0, 0.1) is 6.92 Å². The topological polar surface area (TPSA) is 138 Å². The van der Waals surface area contributed by atoms with Gasteiger partial charge >= 0.3 is 5.97 Å². The van der Waals surface area contributed by atoms with Crippen LogP contribution in [0.4, 0.5) is 5.13 Å². The number of ketones is 1. The second-order valence-corrected chi connectivity index (χ2v) is 9.65. The van der Waals surface area contributed by atoms with Gasteiger partial charge in [-0.1, -0.05) is 29.5 Å². The van der Waals surface area contributed by atoms with E-state index in [9.17, 15) is 19.5 Å². The van der Waals surface area contributed by atoms with Crippen molar-refractivity contribution in [3.63, 3.8) is 0 Å². The Hall–Kier alpha value is -4.84. The maximum absolute atomic E-state index is 14.0. The molecule has 0 saturated carbocycles. The fraction of sp³-hybridized carbons (Fsp3) is 0.214. The number of esters is 1. The number of aliphatic hydroxyl groups is 1. The molecule has 11 nitrogen and oxygen atoms in total. The normalized spacial score (nSPS) is 15.1. The van der Waals surface area contributed by atoms with Crippen LogP contribution in [-0.2, 0) is 9.53 Å². The van der Waals surface area contributed by atoms with Crippen LogP contribution >= 0.6 is 11.3 Å². The summed E-state index contributed by atoms with van der Waals surface area (Å²) < 4.78 is 26.8. The number of thiazole rings is 1. The molecule has 3 heterocycles. The predicted molar refractivity (Wildman–Crippen MR) is 145 cm³/mol. The van der Waals surface area contributed by atoms with Gasteiger partial charge in [0.05, 0.1) is 45.7 Å². The summed E-state index contributed by atoms with van der Waals surface area (Å²) in [7, 11) is 5.65. The number of carbonyl (C=O) groups excluding carboxylic acids is 3. The monoisotopic (exact) mass is 564 g/mol. The standard InChI is InChI=1S/C28H24N2O9S/c1-13-25(27(34)38-5)40-28(29-13)30-21(14-9-10-16(35-2)18(11-14)37-4)20(23(32)26(30)33)22(31)19-12-15-7-6-8-17(36-3)24(15)39-19/h6-12,21,32H,1-5H3. The highest BCUT2D eigenvalue weighted by atomic mass is 32.1. The Bertz CT molecular complexity index is 1700. The van der Waals surface area contributed by atoms with Crippen LogP contribution in [0.5, 0.6) is 17.2 Å². The zero-order chi connectivity index (χ0) is 28.7. The van der Waals surface area contributed by atoms with E-state index in [1.807, 2.05) is 0 Å². The van der Waals surface area contributed by atoms with E-state index in [1.165, 1.54) is 34.5 Å². The second kappa shape index (κ2) is 10.4. The number of Topliss-reactive ketones (excluding diaryl/α,β-unsaturated/α-hetero) is 1. The summed E-state index contributed by atoms with van der Waals surface area (Å²) in [5.74, 6) is -1.91. The molecule has 0 aliphatic carbocycles. The number of carbonyl (C=O) groups is 3. The Balaban J connectivity index is 1.69. The summed E-state index contributed by atoms with van der Waals surface area (Å²) in [6.07, 6.45) is 0. The lowest BCUT2D eigenvalue weighted by molar-refractivity contribution is -0.117. The molecule has 12 heteroatoms. The number of para-hydroxylation sites is 1. The van der Waals surface area contributed by atoms with Crippen LogP contribution in [0.3, 0.4) is 0 Å². The number of anilines is 1. The van der Waals surface area contributed by atoms with Crippen molar-refractivity contribution in [3.8, 4) is 17.2 Å². The number of ether oxygens (including phenoxy) is 4. The Kier molecular flexibility index (Phi) is 6.94. The van der Waals surface area contributed by atoms with Crippen molar-refractivity contribution in [1.29, 1.82) is 0 Å². The molecule has 1 aliphatic rings. The first-order chi connectivity index (χ1) is 19.2. The molecule has 0 saturated heterocycles. The lowest BCUT2D eigenvalue weighted by atomic mass is 9.95. The first-order valence-electron chi connectivity index (χ1n) is 11.9. The van der Waals surface area contributed by atoms with Gasteiger partial charge in [0, 0.05) is 5.39 Å². The number of hydrogen-bond donors (Lipinski definition) is 1. The van der Waals surface area contributed by atoms with E-state index in [4.69, 9.17) is 23.4 Å². The summed E-state index contributed by atoms with van der Waals surface area (Å²) in [5.41, 5.74) is 0.854. The summed E-state index contributed by atoms with van der Waals surface area (Å²) in [5, 5.41) is 11.8. The van der Waals surface area contributed by atoms with Gasteiger partial charge in [0.25, 0.3) is 5.91 Å². The zero-order valence-corrected chi connectivity index (χ0v) is 23.0. The van der Waals surface area contributed by atoms with Crippen LogP contribution in [0.15, 0.2) is 58.2 Å². The van der Waals surface area contributed by atoms with Crippen molar-refractivity contribution >= 4 is 45.1 Å². The quantitative estimate of drug-likeness (QED) is 0.235. The highest BCUT2D eigenvalue weighted by Crippen LogP contribution is 2.46. The van der Waals surface area contributed by atoms with E-state index < -0.39 is 29.5 Å². The molecule has 1 atom stereocenters. The molecule has 1 N–H and O–H groups in total. The fourth-order valence-corrected chi connectivity index (χ4v) is 5.59. The lowest BCUT2D eigenvalue weighted by Gasteiger charge is -2.25. The molecular formula is C28H24N2O9S. The minimum atomic E-state index is -1.15. The number of hydrogen-bond acceptors (Lipinski definition) is 11. The summed E-state index contributed by atoms with van der Waals surface area (Å²) in [6, 6.07) is 10.4. The number of fused-ring (bicyclic) bond motifs is 1. The number of benzene rings is 2. The highest BCUT2D eigenvalue weighted by molar-refractivity contribution is 7.17. The summed E-state index contributed by atoms with van der Waals surface area (Å²) in [4.78, 5) is 45.5. The molecule has 1 amide bonds. The largest absolute Gasteiger partial charge is 0.503 e. The molecule has 2 aromatic carbocycles. The molecule has 1 unspecified atom stereocenters. The summed E-state index contributed by atoms with van der Waals surface area (Å²) >= 11 is 0.904. The minimum Gasteiger partial charge on any atom is -0.503 e. The van der Waals surface area contributed by atoms with Crippen LogP contribution in [0.1, 0.15) is 37.5 Å². The summed E-state index contributed by atoms with van der Waals surface area (Å²) in [6.45, 7) is 1.60. The van der Waals surface area contributed by atoms with Crippen molar-refractivity contribution in [3.05, 3.63) is 75.7 Å². The Morgan fingerprint density at radius 3 is 2.40 bits per heavy atom. The van der Waals surface area contributed by atoms with Crippen molar-refractivity contribution in [2.75, 3.05) is 33.3 Å². The first kappa shape index (κ1) is 26.8. The SMILES string of the molecule is COC(=O)c1sc(N2C(=O)C(O)=C(C(=O)c3cc4cccc(OC)c4o3)C2c2ccc(OC)c(OC)c2)nc1C. The predicted octanol–water partition coefficient (Wildman–Crippen LogP) is 4.79. The van der Waals surface area contributed by atoms with Crippen molar-refractivity contribution in [2.45, 2.75) is 13.0 Å². The molecule has 0 bridgehead atoms.